The molecule has 1 atom stereocenters. The van der Waals surface area contributed by atoms with Crippen molar-refractivity contribution in [3.63, 3.8) is 0 Å². The average Bonchev–Trinajstić information content (AvgIpc) is 3.12. The number of thiophene rings is 1. The number of carbonyl (C=O) groups excluding carboxylic acids is 1. The molecule has 1 aromatic heterocycles. The summed E-state index contributed by atoms with van der Waals surface area (Å²) in [6.45, 7) is 1.34. The molecule has 2 N–H and O–H groups in total. The summed E-state index contributed by atoms with van der Waals surface area (Å²) in [5.74, 6) is 0.0207. The van der Waals surface area contributed by atoms with Gasteiger partial charge in [0.25, 0.3) is 0 Å². The molecular formula is C19H22ClN3O2S. The van der Waals surface area contributed by atoms with Crippen LogP contribution in [-0.4, -0.2) is 36.3 Å². The Morgan fingerprint density at radius 3 is 2.77 bits per heavy atom. The van der Waals surface area contributed by atoms with E-state index < -0.39 is 6.10 Å². The number of aliphatic hydroxyl groups is 1. The van der Waals surface area contributed by atoms with Crippen LogP contribution in [0.15, 0.2) is 41.5 Å². The molecule has 0 saturated heterocycles. The van der Waals surface area contributed by atoms with Crippen LogP contribution in [0.1, 0.15) is 35.4 Å². The molecule has 0 fully saturated rings. The van der Waals surface area contributed by atoms with Crippen molar-refractivity contribution >= 4 is 46.3 Å². The molecular weight excluding hydrogens is 370 g/mol. The highest BCUT2D eigenvalue weighted by Gasteiger charge is 2.12. The standard InChI is InChI=1S/C19H22ClN3O2S/c20-19-10-9-18(26-19)17(25)8-7-16(24)13-21-14-3-5-15(6-4-14)23-12-2-1-11-22-23/h3-6,9-11,16,21,24H,1-2,7-8,12-13H2/t16-/m0/s1. The van der Waals surface area contributed by atoms with Crippen LogP contribution in [0, 0.1) is 0 Å². The highest BCUT2D eigenvalue weighted by Crippen LogP contribution is 2.23. The van der Waals surface area contributed by atoms with E-state index in [1.54, 1.807) is 12.1 Å². The van der Waals surface area contributed by atoms with Gasteiger partial charge >= 0.3 is 0 Å². The number of anilines is 2. The van der Waals surface area contributed by atoms with Crippen molar-refractivity contribution in [2.24, 2.45) is 5.10 Å². The summed E-state index contributed by atoms with van der Waals surface area (Å²) in [5.41, 5.74) is 2.00. The maximum absolute atomic E-state index is 12.0. The van der Waals surface area contributed by atoms with Crippen molar-refractivity contribution < 1.29 is 9.90 Å². The van der Waals surface area contributed by atoms with Crippen molar-refractivity contribution in [2.45, 2.75) is 31.8 Å². The van der Waals surface area contributed by atoms with Crippen LogP contribution in [0.4, 0.5) is 11.4 Å². The zero-order chi connectivity index (χ0) is 18.4. The number of Topliss-reactive ketones (excluding diaryl/α,β-unsaturated/α-hetero) is 1. The lowest BCUT2D eigenvalue weighted by atomic mass is 10.1. The first-order valence-electron chi connectivity index (χ1n) is 8.72. The Labute approximate surface area is 162 Å². The van der Waals surface area contributed by atoms with Crippen molar-refractivity contribution in [1.82, 2.24) is 0 Å². The van der Waals surface area contributed by atoms with E-state index in [9.17, 15) is 9.90 Å². The molecule has 0 unspecified atom stereocenters. The summed E-state index contributed by atoms with van der Waals surface area (Å²) in [4.78, 5) is 12.7. The highest BCUT2D eigenvalue weighted by molar-refractivity contribution is 7.18. The molecule has 138 valence electrons. The van der Waals surface area contributed by atoms with E-state index in [0.717, 1.165) is 30.8 Å². The number of carbonyl (C=O) groups is 1. The van der Waals surface area contributed by atoms with Crippen molar-refractivity contribution in [3.05, 3.63) is 45.6 Å². The third-order valence-corrected chi connectivity index (χ3v) is 5.46. The lowest BCUT2D eigenvalue weighted by Crippen LogP contribution is -2.22. The minimum Gasteiger partial charge on any atom is -0.391 e. The molecule has 1 aliphatic heterocycles. The molecule has 1 aromatic carbocycles. The predicted octanol–water partition coefficient (Wildman–Crippen LogP) is 4.42. The number of halogens is 1. The van der Waals surface area contributed by atoms with Gasteiger partial charge in [-0.2, -0.15) is 5.10 Å². The Morgan fingerprint density at radius 2 is 2.12 bits per heavy atom. The molecule has 5 nitrogen and oxygen atoms in total. The number of hydrogen-bond acceptors (Lipinski definition) is 6. The van der Waals surface area contributed by atoms with E-state index in [1.165, 1.54) is 11.3 Å². The zero-order valence-corrected chi connectivity index (χ0v) is 16.0. The molecule has 2 aromatic rings. The summed E-state index contributed by atoms with van der Waals surface area (Å²) in [5, 5.41) is 19.7. The first kappa shape index (κ1) is 18.9. The van der Waals surface area contributed by atoms with Crippen LogP contribution in [0.25, 0.3) is 0 Å². The molecule has 2 heterocycles. The van der Waals surface area contributed by atoms with Gasteiger partial charge in [-0.3, -0.25) is 9.80 Å². The summed E-state index contributed by atoms with van der Waals surface area (Å²) >= 11 is 7.12. The van der Waals surface area contributed by atoms with Gasteiger partial charge in [-0.1, -0.05) is 11.6 Å². The fraction of sp³-hybridized carbons (Fsp3) is 0.368. The van der Waals surface area contributed by atoms with E-state index >= 15 is 0 Å². The lowest BCUT2D eigenvalue weighted by molar-refractivity contribution is 0.0950. The SMILES string of the molecule is O=C(CC[C@H](O)CNc1ccc(N2CCCC=N2)cc1)c1ccc(Cl)s1. The van der Waals surface area contributed by atoms with Crippen molar-refractivity contribution in [3.8, 4) is 0 Å². The Morgan fingerprint density at radius 1 is 1.31 bits per heavy atom. The number of nitrogens with one attached hydrogen (secondary N) is 1. The minimum atomic E-state index is -0.583. The van der Waals surface area contributed by atoms with Gasteiger partial charge in [-0.05, 0) is 55.7 Å². The third-order valence-electron chi connectivity index (χ3n) is 4.18. The fourth-order valence-corrected chi connectivity index (χ4v) is 3.73. The second-order valence-corrected chi connectivity index (χ2v) is 7.93. The molecule has 0 spiro atoms. The Hall–Kier alpha value is -1.89. The van der Waals surface area contributed by atoms with Gasteiger partial charge in [0.15, 0.2) is 5.78 Å². The van der Waals surface area contributed by atoms with Gasteiger partial charge in [0.05, 0.1) is 21.0 Å². The molecule has 1 aliphatic rings. The van der Waals surface area contributed by atoms with Gasteiger partial charge in [-0.25, -0.2) is 0 Å². The monoisotopic (exact) mass is 391 g/mol. The topological polar surface area (TPSA) is 64.9 Å². The maximum atomic E-state index is 12.0. The first-order chi connectivity index (χ1) is 12.6. The van der Waals surface area contributed by atoms with Crippen LogP contribution in [-0.2, 0) is 0 Å². The second kappa shape index (κ2) is 9.16. The van der Waals surface area contributed by atoms with Crippen LogP contribution in [0.3, 0.4) is 0 Å². The van der Waals surface area contributed by atoms with Crippen molar-refractivity contribution in [1.29, 1.82) is 0 Å². The number of hydrogen-bond donors (Lipinski definition) is 2. The van der Waals surface area contributed by atoms with Crippen molar-refractivity contribution in [2.75, 3.05) is 23.4 Å². The number of rotatable bonds is 8. The van der Waals surface area contributed by atoms with E-state index in [1.807, 2.05) is 35.5 Å². The summed E-state index contributed by atoms with van der Waals surface area (Å²) < 4.78 is 0.606. The van der Waals surface area contributed by atoms with E-state index in [2.05, 4.69) is 10.4 Å². The van der Waals surface area contributed by atoms with Gasteiger partial charge in [0, 0.05) is 31.4 Å². The van der Waals surface area contributed by atoms with E-state index in [4.69, 9.17) is 11.6 Å². The molecule has 0 amide bonds. The first-order valence-corrected chi connectivity index (χ1v) is 9.92. The quantitative estimate of drug-likeness (QED) is 0.653. The minimum absolute atomic E-state index is 0.0207. The molecule has 0 bridgehead atoms. The second-order valence-electron chi connectivity index (χ2n) is 6.21. The summed E-state index contributed by atoms with van der Waals surface area (Å²) in [6, 6.07) is 11.4. The van der Waals surface area contributed by atoms with Gasteiger partial charge in [0.1, 0.15) is 0 Å². The lowest BCUT2D eigenvalue weighted by Gasteiger charge is -2.22. The van der Waals surface area contributed by atoms with Crippen LogP contribution < -0.4 is 10.3 Å². The van der Waals surface area contributed by atoms with Crippen LogP contribution in [0.5, 0.6) is 0 Å². The molecule has 0 saturated carbocycles. The largest absolute Gasteiger partial charge is 0.391 e. The molecule has 0 radical (unpaired) electrons. The predicted molar refractivity (Wildman–Crippen MR) is 109 cm³/mol. The number of hydrazone groups is 1. The fourth-order valence-electron chi connectivity index (χ4n) is 2.72. The Kier molecular flexibility index (Phi) is 6.66. The molecule has 26 heavy (non-hydrogen) atoms. The van der Waals surface area contributed by atoms with E-state index in [0.29, 0.717) is 28.6 Å². The normalized spacial score (nSPS) is 15.1. The zero-order valence-electron chi connectivity index (χ0n) is 14.4. The van der Waals surface area contributed by atoms with Crippen LogP contribution >= 0.6 is 22.9 Å². The molecule has 7 heteroatoms. The number of benzene rings is 1. The number of nitrogens with zero attached hydrogens (tertiary/aromatic N) is 2. The number of ketones is 1. The third kappa shape index (κ3) is 5.30. The van der Waals surface area contributed by atoms with Gasteiger partial charge in [0.2, 0.25) is 0 Å². The maximum Gasteiger partial charge on any atom is 0.172 e. The smallest absolute Gasteiger partial charge is 0.172 e. The highest BCUT2D eigenvalue weighted by atomic mass is 35.5. The average molecular weight is 392 g/mol. The van der Waals surface area contributed by atoms with Gasteiger partial charge < -0.3 is 10.4 Å². The summed E-state index contributed by atoms with van der Waals surface area (Å²) in [7, 11) is 0. The van der Waals surface area contributed by atoms with Crippen LogP contribution in [0.2, 0.25) is 4.34 Å². The van der Waals surface area contributed by atoms with E-state index in [-0.39, 0.29) is 5.78 Å². The van der Waals surface area contributed by atoms with Gasteiger partial charge in [-0.15, -0.1) is 11.3 Å². The summed E-state index contributed by atoms with van der Waals surface area (Å²) in [6.07, 6.45) is 4.24. The molecule has 0 aliphatic carbocycles. The Bertz CT molecular complexity index is 760. The Balaban J connectivity index is 1.42. The molecule has 3 rings (SSSR count). The number of aliphatic hydroxyl groups excluding tert-OH is 1.